The van der Waals surface area contributed by atoms with Gasteiger partial charge in [-0.05, 0) is 83.1 Å². The van der Waals surface area contributed by atoms with Crippen molar-refractivity contribution in [1.29, 1.82) is 0 Å². The topological polar surface area (TPSA) is 199 Å². The number of hydrogen-bond donors (Lipinski definition) is 9. The number of hydrogen-bond acceptors (Lipinski definition) is 9. The van der Waals surface area contributed by atoms with Gasteiger partial charge < -0.3 is 46.0 Å². The average molecular weight is 797 g/mol. The minimum absolute atomic E-state index is 0.196. The highest BCUT2D eigenvalue weighted by Gasteiger charge is 2.13. The van der Waals surface area contributed by atoms with Crippen molar-refractivity contribution in [3.8, 4) is 47.9 Å². The molecule has 9 N–H and O–H groups in total. The van der Waals surface area contributed by atoms with E-state index in [-0.39, 0.29) is 6.42 Å². The summed E-state index contributed by atoms with van der Waals surface area (Å²) in [6.45, 7) is 0. The highest BCUT2D eigenvalue weighted by Crippen LogP contribution is 2.15. The first kappa shape index (κ1) is 53.6. The smallest absolute Gasteiger partial charge is 0.381 e. The van der Waals surface area contributed by atoms with Gasteiger partial charge in [-0.25, -0.2) is 4.79 Å². The average Bonchev–Trinajstić information content (AvgIpc) is 3.18. The molecule has 0 radical (unpaired) electrons. The van der Waals surface area contributed by atoms with Gasteiger partial charge >= 0.3 is 5.97 Å². The summed E-state index contributed by atoms with van der Waals surface area (Å²) in [7, 11) is 0. The van der Waals surface area contributed by atoms with Crippen molar-refractivity contribution < 1.29 is 50.8 Å². The Bertz CT molecular complexity index is 1330. The zero-order valence-electron chi connectivity index (χ0n) is 34.1. The standard InChI is InChI=1S/C47H72O10/c1-2-39(48)35-36-44(53)33-24-32-43(52)31-23-30-42(51)27-19-15-14-18-26-41(50)29-21-16-20-28-40(49)25-17-12-10-8-6-4-3-5-7-9-11-13-22-34-45(54)46(55)37-38-47(56)57/h1,17,21,25,29,35-36,39-46,48-55H,3-16,18,20,22,24,26,28,31-34H2,(H,56,57)/b25-17+,29-21+,36-35+/t39-,40+,41-,42-,43+,44-,45+,46-/m1/s1. The van der Waals surface area contributed by atoms with Gasteiger partial charge in [0.1, 0.15) is 12.2 Å². The van der Waals surface area contributed by atoms with Crippen molar-refractivity contribution >= 4 is 5.97 Å². The summed E-state index contributed by atoms with van der Waals surface area (Å²) in [5.74, 6) is 15.7. The number of aliphatic carboxylic acids is 1. The van der Waals surface area contributed by atoms with E-state index in [1.807, 2.05) is 24.1 Å². The molecule has 0 aromatic carbocycles. The number of terminal acetylenes is 1. The van der Waals surface area contributed by atoms with Crippen LogP contribution in [0.2, 0.25) is 0 Å². The molecule has 10 nitrogen and oxygen atoms in total. The Morgan fingerprint density at radius 2 is 1.04 bits per heavy atom. The minimum atomic E-state index is -1.32. The summed E-state index contributed by atoms with van der Waals surface area (Å²) in [4.78, 5) is 10.4. The van der Waals surface area contributed by atoms with E-state index >= 15 is 0 Å². The maximum absolute atomic E-state index is 10.4. The van der Waals surface area contributed by atoms with Crippen LogP contribution in [-0.2, 0) is 4.79 Å². The van der Waals surface area contributed by atoms with Crippen LogP contribution in [0, 0.1) is 47.9 Å². The summed E-state index contributed by atoms with van der Waals surface area (Å²) in [6, 6.07) is 0. The molecule has 0 aliphatic heterocycles. The van der Waals surface area contributed by atoms with Gasteiger partial charge in [-0.2, -0.15) is 0 Å². The lowest BCUT2D eigenvalue weighted by Crippen LogP contribution is -2.24. The highest BCUT2D eigenvalue weighted by molar-refractivity contribution is 5.86. The van der Waals surface area contributed by atoms with Crippen LogP contribution in [0.5, 0.6) is 0 Å². The molecule has 10 heteroatoms. The number of rotatable bonds is 32. The molecule has 0 saturated heterocycles. The van der Waals surface area contributed by atoms with Crippen molar-refractivity contribution in [3.05, 3.63) is 36.5 Å². The number of aliphatic hydroxyl groups is 8. The van der Waals surface area contributed by atoms with Crippen LogP contribution >= 0.6 is 0 Å². The summed E-state index contributed by atoms with van der Waals surface area (Å²) in [5.41, 5.74) is 0. The normalized spacial score (nSPS) is 15.6. The Hall–Kier alpha value is -3.39. The molecule has 8 atom stereocenters. The van der Waals surface area contributed by atoms with E-state index in [1.54, 1.807) is 0 Å². The van der Waals surface area contributed by atoms with Gasteiger partial charge in [0.05, 0.1) is 30.5 Å². The minimum Gasteiger partial charge on any atom is -0.472 e. The van der Waals surface area contributed by atoms with Crippen LogP contribution in [0.15, 0.2) is 36.5 Å². The van der Waals surface area contributed by atoms with Crippen LogP contribution in [0.4, 0.5) is 0 Å². The highest BCUT2D eigenvalue weighted by atomic mass is 16.4. The monoisotopic (exact) mass is 797 g/mol. The fourth-order valence-electron chi connectivity index (χ4n) is 5.84. The van der Waals surface area contributed by atoms with Crippen LogP contribution in [-0.4, -0.2) is 101 Å². The number of unbranched alkanes of at least 4 members (excludes halogenated alkanes) is 14. The van der Waals surface area contributed by atoms with Crippen LogP contribution in [0.1, 0.15) is 154 Å². The Kier molecular flexibility index (Phi) is 35.9. The summed E-state index contributed by atoms with van der Waals surface area (Å²) < 4.78 is 0. The molecule has 0 amide bonds. The zero-order chi connectivity index (χ0) is 42.4. The first-order valence-electron chi connectivity index (χ1n) is 21.1. The molecule has 0 bridgehead atoms. The van der Waals surface area contributed by atoms with E-state index in [1.165, 1.54) is 50.7 Å². The zero-order valence-corrected chi connectivity index (χ0v) is 34.1. The molecular weight excluding hydrogens is 725 g/mol. The van der Waals surface area contributed by atoms with E-state index in [0.29, 0.717) is 44.9 Å². The largest absolute Gasteiger partial charge is 0.472 e. The first-order chi connectivity index (χ1) is 27.4. The van der Waals surface area contributed by atoms with Crippen molar-refractivity contribution in [1.82, 2.24) is 0 Å². The summed E-state index contributed by atoms with van der Waals surface area (Å²) >= 11 is 0. The van der Waals surface area contributed by atoms with E-state index in [0.717, 1.165) is 64.2 Å². The maximum Gasteiger partial charge on any atom is 0.381 e. The van der Waals surface area contributed by atoms with Crippen LogP contribution in [0.3, 0.4) is 0 Å². The molecule has 0 saturated carbocycles. The SMILES string of the molecule is C#C[C@@H](O)/C=C/[C@H](O)CCC[C@@H](O)CC#C[C@H](O)C#CCCCC[C@@H](O)/C=C/CCC[C@@H](O)/C=C/CCCCCCCCCCCCC[C@H](O)[C@H](O)C#CC(=O)O. The van der Waals surface area contributed by atoms with E-state index in [9.17, 15) is 45.6 Å². The summed E-state index contributed by atoms with van der Waals surface area (Å²) in [6.07, 6.45) is 29.3. The Morgan fingerprint density at radius 1 is 0.526 bits per heavy atom. The number of carboxylic acid groups (broad SMARTS) is 1. The van der Waals surface area contributed by atoms with Crippen molar-refractivity contribution in [2.45, 2.75) is 203 Å². The second-order valence-electron chi connectivity index (χ2n) is 14.6. The quantitative estimate of drug-likeness (QED) is 0.0234. The molecule has 0 heterocycles. The van der Waals surface area contributed by atoms with Crippen LogP contribution in [0.25, 0.3) is 0 Å². The number of carboxylic acids is 1. The number of aliphatic hydroxyl groups excluding tert-OH is 8. The first-order valence-corrected chi connectivity index (χ1v) is 21.1. The molecule has 0 aliphatic rings. The van der Waals surface area contributed by atoms with Gasteiger partial charge in [0.2, 0.25) is 0 Å². The van der Waals surface area contributed by atoms with Crippen molar-refractivity contribution in [3.63, 3.8) is 0 Å². The third-order valence-electron chi connectivity index (χ3n) is 9.24. The van der Waals surface area contributed by atoms with E-state index in [2.05, 4.69) is 41.6 Å². The molecule has 0 aliphatic carbocycles. The molecule has 0 rings (SSSR count). The Labute approximate surface area is 343 Å². The molecule has 57 heavy (non-hydrogen) atoms. The maximum atomic E-state index is 10.4. The Morgan fingerprint density at radius 3 is 1.65 bits per heavy atom. The lowest BCUT2D eigenvalue weighted by molar-refractivity contribution is -0.130. The predicted octanol–water partition coefficient (Wildman–Crippen LogP) is 5.63. The van der Waals surface area contributed by atoms with E-state index < -0.39 is 54.8 Å². The second kappa shape index (κ2) is 38.1. The molecule has 0 unspecified atom stereocenters. The molecule has 0 aromatic heterocycles. The van der Waals surface area contributed by atoms with Gasteiger partial charge in [0.15, 0.2) is 6.10 Å². The lowest BCUT2D eigenvalue weighted by Gasteiger charge is -2.12. The summed E-state index contributed by atoms with van der Waals surface area (Å²) in [5, 5.41) is 87.4. The number of allylic oxidation sites excluding steroid dienone is 2. The molecule has 0 aromatic rings. The third kappa shape index (κ3) is 37.9. The number of carbonyl (C=O) groups is 1. The second-order valence-corrected chi connectivity index (χ2v) is 14.6. The van der Waals surface area contributed by atoms with Gasteiger partial charge in [-0.15, -0.1) is 6.42 Å². The third-order valence-corrected chi connectivity index (χ3v) is 9.24. The molecule has 0 spiro atoms. The van der Waals surface area contributed by atoms with Crippen molar-refractivity contribution in [2.75, 3.05) is 0 Å². The van der Waals surface area contributed by atoms with Crippen molar-refractivity contribution in [2.24, 2.45) is 0 Å². The fraction of sp³-hybridized carbons (Fsp3) is 0.681. The fourth-order valence-corrected chi connectivity index (χ4v) is 5.84. The molecule has 0 fully saturated rings. The van der Waals surface area contributed by atoms with Gasteiger partial charge in [-0.3, -0.25) is 0 Å². The predicted molar refractivity (Wildman–Crippen MR) is 226 cm³/mol. The Balaban J connectivity index is 3.74. The van der Waals surface area contributed by atoms with Crippen LogP contribution < -0.4 is 0 Å². The van der Waals surface area contributed by atoms with Gasteiger partial charge in [0.25, 0.3) is 0 Å². The lowest BCUT2D eigenvalue weighted by atomic mass is 10.0. The molecular formula is C47H72O10. The molecule has 320 valence electrons. The van der Waals surface area contributed by atoms with Gasteiger partial charge in [0, 0.05) is 18.8 Å². The van der Waals surface area contributed by atoms with Gasteiger partial charge in [-0.1, -0.05) is 130 Å². The van der Waals surface area contributed by atoms with E-state index in [4.69, 9.17) is 11.5 Å².